The molecule has 1 aliphatic heterocycles. The van der Waals surface area contributed by atoms with Gasteiger partial charge in [-0.15, -0.1) is 0 Å². The third kappa shape index (κ3) is 3.94. The van der Waals surface area contributed by atoms with E-state index < -0.39 is 11.7 Å². The Labute approximate surface area is 111 Å². The molecule has 0 amide bonds. The highest BCUT2D eigenvalue weighted by atomic mass is 19.4. The molecule has 5 heteroatoms. The zero-order chi connectivity index (χ0) is 13.9. The predicted octanol–water partition coefficient (Wildman–Crippen LogP) is 2.79. The van der Waals surface area contributed by atoms with Gasteiger partial charge in [0.25, 0.3) is 0 Å². The molecular formula is C14H19F3N2. The minimum Gasteiger partial charge on any atom is -0.316 e. The van der Waals surface area contributed by atoms with Crippen LogP contribution in [0, 0.1) is 5.92 Å². The summed E-state index contributed by atoms with van der Waals surface area (Å²) in [6.07, 6.45) is -3.20. The van der Waals surface area contributed by atoms with Crippen LogP contribution in [0.2, 0.25) is 0 Å². The van der Waals surface area contributed by atoms with Gasteiger partial charge in [0, 0.05) is 12.6 Å². The first-order chi connectivity index (χ1) is 8.97. The van der Waals surface area contributed by atoms with Gasteiger partial charge in [-0.25, -0.2) is 0 Å². The molecule has 2 nitrogen and oxygen atoms in total. The van der Waals surface area contributed by atoms with E-state index in [9.17, 15) is 13.2 Å². The number of hydrogen-bond acceptors (Lipinski definition) is 2. The third-order valence-corrected chi connectivity index (χ3v) is 3.63. The van der Waals surface area contributed by atoms with Crippen LogP contribution in [0.25, 0.3) is 0 Å². The minimum absolute atomic E-state index is 0.434. The lowest BCUT2D eigenvalue weighted by atomic mass is 9.95. The summed E-state index contributed by atoms with van der Waals surface area (Å²) in [5.41, 5.74) is 0.296. The summed E-state index contributed by atoms with van der Waals surface area (Å²) in [5, 5.41) is 6.75. The molecule has 1 aliphatic rings. The summed E-state index contributed by atoms with van der Waals surface area (Å²) in [6, 6.07) is 5.80. The normalized spacial score (nSPS) is 24.4. The molecule has 0 saturated carbocycles. The molecule has 0 spiro atoms. The summed E-state index contributed by atoms with van der Waals surface area (Å²) in [4.78, 5) is 0. The summed E-state index contributed by atoms with van der Waals surface area (Å²) in [6.45, 7) is 4.78. The Bertz CT molecular complexity index is 400. The fourth-order valence-corrected chi connectivity index (χ4v) is 2.38. The summed E-state index contributed by atoms with van der Waals surface area (Å²) < 4.78 is 37.3. The van der Waals surface area contributed by atoms with Crippen molar-refractivity contribution in [2.24, 2.45) is 5.92 Å². The fraction of sp³-hybridized carbons (Fsp3) is 0.571. The molecule has 19 heavy (non-hydrogen) atoms. The quantitative estimate of drug-likeness (QED) is 0.884. The minimum atomic E-state index is -4.25. The molecule has 1 aromatic carbocycles. The van der Waals surface area contributed by atoms with Crippen molar-refractivity contribution < 1.29 is 13.2 Å². The van der Waals surface area contributed by atoms with E-state index in [0.717, 1.165) is 37.2 Å². The smallest absolute Gasteiger partial charge is 0.316 e. The molecule has 0 aliphatic carbocycles. The standard InChI is InChI=1S/C14H19F3N2/c1-10-8-18-7-6-13(10)19-9-11-2-4-12(5-3-11)14(15,16)17/h2-5,10,13,18-19H,6-9H2,1H3. The summed E-state index contributed by atoms with van der Waals surface area (Å²) in [5.74, 6) is 0.545. The van der Waals surface area contributed by atoms with Gasteiger partial charge >= 0.3 is 6.18 Å². The number of benzene rings is 1. The van der Waals surface area contributed by atoms with Crippen molar-refractivity contribution in [3.63, 3.8) is 0 Å². The van der Waals surface area contributed by atoms with E-state index in [1.54, 1.807) is 12.1 Å². The molecule has 0 radical (unpaired) electrons. The maximum atomic E-state index is 12.4. The largest absolute Gasteiger partial charge is 0.416 e. The lowest BCUT2D eigenvalue weighted by molar-refractivity contribution is -0.137. The number of piperidine rings is 1. The van der Waals surface area contributed by atoms with Crippen molar-refractivity contribution in [1.29, 1.82) is 0 Å². The average molecular weight is 272 g/mol. The molecule has 0 aromatic heterocycles. The third-order valence-electron chi connectivity index (χ3n) is 3.63. The van der Waals surface area contributed by atoms with Crippen LogP contribution in [0.15, 0.2) is 24.3 Å². The molecule has 2 unspecified atom stereocenters. The zero-order valence-corrected chi connectivity index (χ0v) is 10.9. The van der Waals surface area contributed by atoms with Gasteiger partial charge in [-0.1, -0.05) is 19.1 Å². The van der Waals surface area contributed by atoms with Gasteiger partial charge in [-0.3, -0.25) is 0 Å². The SMILES string of the molecule is CC1CNCCC1NCc1ccc(C(F)(F)F)cc1. The van der Waals surface area contributed by atoms with Crippen LogP contribution in [0.1, 0.15) is 24.5 Å². The van der Waals surface area contributed by atoms with Gasteiger partial charge in [0.2, 0.25) is 0 Å². The molecular weight excluding hydrogens is 253 g/mol. The first-order valence-electron chi connectivity index (χ1n) is 6.57. The van der Waals surface area contributed by atoms with Gasteiger partial charge < -0.3 is 10.6 Å². The van der Waals surface area contributed by atoms with Crippen LogP contribution < -0.4 is 10.6 Å². The van der Waals surface area contributed by atoms with E-state index in [-0.39, 0.29) is 0 Å². The van der Waals surface area contributed by atoms with E-state index >= 15 is 0 Å². The Balaban J connectivity index is 1.89. The van der Waals surface area contributed by atoms with Gasteiger partial charge in [0.05, 0.1) is 5.56 Å². The predicted molar refractivity (Wildman–Crippen MR) is 68.7 cm³/mol. The first-order valence-corrected chi connectivity index (χ1v) is 6.57. The van der Waals surface area contributed by atoms with Gasteiger partial charge in [0.1, 0.15) is 0 Å². The lowest BCUT2D eigenvalue weighted by Crippen LogP contribution is -2.45. The van der Waals surface area contributed by atoms with E-state index in [4.69, 9.17) is 0 Å². The summed E-state index contributed by atoms with van der Waals surface area (Å²) >= 11 is 0. The topological polar surface area (TPSA) is 24.1 Å². The van der Waals surface area contributed by atoms with Crippen LogP contribution in [0.3, 0.4) is 0 Å². The van der Waals surface area contributed by atoms with Crippen LogP contribution in [0.4, 0.5) is 13.2 Å². The Morgan fingerprint density at radius 3 is 2.53 bits per heavy atom. The average Bonchev–Trinajstić information content (AvgIpc) is 2.37. The van der Waals surface area contributed by atoms with E-state index in [2.05, 4.69) is 17.6 Å². The van der Waals surface area contributed by atoms with Crippen molar-refractivity contribution in [3.8, 4) is 0 Å². The van der Waals surface area contributed by atoms with Crippen molar-refractivity contribution in [2.75, 3.05) is 13.1 Å². The highest BCUT2D eigenvalue weighted by molar-refractivity contribution is 5.24. The second-order valence-corrected chi connectivity index (χ2v) is 5.15. The Morgan fingerprint density at radius 1 is 1.26 bits per heavy atom. The molecule has 1 aromatic rings. The molecule has 1 fully saturated rings. The molecule has 106 valence electrons. The maximum absolute atomic E-state index is 12.4. The number of alkyl halides is 3. The van der Waals surface area contributed by atoms with Crippen LogP contribution >= 0.6 is 0 Å². The van der Waals surface area contributed by atoms with Crippen LogP contribution in [-0.4, -0.2) is 19.1 Å². The molecule has 2 atom stereocenters. The van der Waals surface area contributed by atoms with Crippen molar-refractivity contribution in [3.05, 3.63) is 35.4 Å². The highest BCUT2D eigenvalue weighted by Crippen LogP contribution is 2.29. The zero-order valence-electron chi connectivity index (χ0n) is 10.9. The van der Waals surface area contributed by atoms with Crippen molar-refractivity contribution in [2.45, 2.75) is 32.1 Å². The van der Waals surface area contributed by atoms with Gasteiger partial charge in [-0.2, -0.15) is 13.2 Å². The molecule has 1 heterocycles. The lowest BCUT2D eigenvalue weighted by Gasteiger charge is -2.30. The first kappa shape index (κ1) is 14.3. The molecule has 2 rings (SSSR count). The molecule has 0 bridgehead atoms. The Hall–Kier alpha value is -1.07. The van der Waals surface area contributed by atoms with Crippen LogP contribution in [-0.2, 0) is 12.7 Å². The maximum Gasteiger partial charge on any atom is 0.416 e. The van der Waals surface area contributed by atoms with Crippen molar-refractivity contribution in [1.82, 2.24) is 10.6 Å². The van der Waals surface area contributed by atoms with Gasteiger partial charge in [-0.05, 0) is 43.1 Å². The monoisotopic (exact) mass is 272 g/mol. The fourth-order valence-electron chi connectivity index (χ4n) is 2.38. The Morgan fingerprint density at radius 2 is 1.95 bits per heavy atom. The number of hydrogen-bond donors (Lipinski definition) is 2. The highest BCUT2D eigenvalue weighted by Gasteiger charge is 2.30. The number of halogens is 3. The van der Waals surface area contributed by atoms with E-state index in [1.807, 2.05) is 0 Å². The van der Waals surface area contributed by atoms with Crippen molar-refractivity contribution >= 4 is 0 Å². The summed E-state index contributed by atoms with van der Waals surface area (Å²) in [7, 11) is 0. The molecule has 2 N–H and O–H groups in total. The van der Waals surface area contributed by atoms with Gasteiger partial charge in [0.15, 0.2) is 0 Å². The second-order valence-electron chi connectivity index (χ2n) is 5.15. The second kappa shape index (κ2) is 5.92. The van der Waals surface area contributed by atoms with Crippen LogP contribution in [0.5, 0.6) is 0 Å². The number of nitrogens with one attached hydrogen (secondary N) is 2. The number of rotatable bonds is 3. The Kier molecular flexibility index (Phi) is 4.47. The molecule has 1 saturated heterocycles. The van der Waals surface area contributed by atoms with E-state index in [1.165, 1.54) is 0 Å². The van der Waals surface area contributed by atoms with E-state index in [0.29, 0.717) is 18.5 Å².